The molecule has 1 saturated heterocycles. The minimum absolute atomic E-state index is 0.203. The van der Waals surface area contributed by atoms with Crippen LogP contribution in [0.3, 0.4) is 0 Å². The first-order valence-corrected chi connectivity index (χ1v) is 13.1. The zero-order chi connectivity index (χ0) is 23.3. The average molecular weight is 459 g/mol. The van der Waals surface area contributed by atoms with E-state index in [4.69, 9.17) is 4.74 Å². The molecule has 1 heterocycles. The highest BCUT2D eigenvalue weighted by Crippen LogP contribution is 2.26. The SMILES string of the molecule is CC(C)C(C)OC(=O)N1CCC[C@@H](NS(C)(=O)=O)[C@H]1Cc1cccc(-c2ccccc2)c1. The molecule has 1 aliphatic heterocycles. The van der Waals surface area contributed by atoms with Crippen LogP contribution < -0.4 is 4.72 Å². The van der Waals surface area contributed by atoms with Crippen LogP contribution in [-0.2, 0) is 21.2 Å². The summed E-state index contributed by atoms with van der Waals surface area (Å²) in [5.41, 5.74) is 3.26. The van der Waals surface area contributed by atoms with E-state index in [1.807, 2.05) is 51.1 Å². The molecule has 6 nitrogen and oxygen atoms in total. The topological polar surface area (TPSA) is 75.7 Å². The van der Waals surface area contributed by atoms with E-state index in [1.54, 1.807) is 4.90 Å². The van der Waals surface area contributed by atoms with Gasteiger partial charge in [0.25, 0.3) is 0 Å². The molecule has 1 aliphatic rings. The second-order valence-electron chi connectivity index (χ2n) is 9.00. The number of ether oxygens (including phenoxy) is 1. The molecule has 7 heteroatoms. The van der Waals surface area contributed by atoms with Gasteiger partial charge in [0, 0.05) is 12.6 Å². The number of nitrogens with one attached hydrogen (secondary N) is 1. The van der Waals surface area contributed by atoms with E-state index in [0.717, 1.165) is 29.4 Å². The van der Waals surface area contributed by atoms with Gasteiger partial charge in [0.2, 0.25) is 10.0 Å². The Morgan fingerprint density at radius 3 is 2.44 bits per heavy atom. The van der Waals surface area contributed by atoms with E-state index in [-0.39, 0.29) is 30.2 Å². The van der Waals surface area contributed by atoms with Crippen LogP contribution in [0.15, 0.2) is 54.6 Å². The number of carbonyl (C=O) groups is 1. The average Bonchev–Trinajstić information content (AvgIpc) is 2.74. The van der Waals surface area contributed by atoms with Crippen molar-refractivity contribution in [3.05, 3.63) is 60.2 Å². The summed E-state index contributed by atoms with van der Waals surface area (Å²) in [4.78, 5) is 14.7. The maximum absolute atomic E-state index is 13.0. The maximum Gasteiger partial charge on any atom is 0.410 e. The highest BCUT2D eigenvalue weighted by molar-refractivity contribution is 7.88. The van der Waals surface area contributed by atoms with Gasteiger partial charge in [-0.05, 0) is 48.8 Å². The van der Waals surface area contributed by atoms with Crippen LogP contribution in [-0.4, -0.2) is 50.4 Å². The molecule has 0 spiro atoms. The predicted octanol–water partition coefficient (Wildman–Crippen LogP) is 4.46. The van der Waals surface area contributed by atoms with E-state index in [2.05, 4.69) is 29.0 Å². The predicted molar refractivity (Wildman–Crippen MR) is 128 cm³/mol. The number of amides is 1. The lowest BCUT2D eigenvalue weighted by molar-refractivity contribution is 0.0271. The number of sulfonamides is 1. The molecule has 2 aromatic carbocycles. The summed E-state index contributed by atoms with van der Waals surface area (Å²) in [5.74, 6) is 0.203. The lowest BCUT2D eigenvalue weighted by Gasteiger charge is -2.41. The molecule has 1 N–H and O–H groups in total. The number of likely N-dealkylation sites (tertiary alicyclic amines) is 1. The van der Waals surface area contributed by atoms with Crippen molar-refractivity contribution in [2.24, 2.45) is 5.92 Å². The third kappa shape index (κ3) is 6.56. The largest absolute Gasteiger partial charge is 0.446 e. The van der Waals surface area contributed by atoms with Crippen molar-refractivity contribution in [1.29, 1.82) is 0 Å². The Balaban J connectivity index is 1.88. The number of rotatable bonds is 7. The molecule has 3 atom stereocenters. The van der Waals surface area contributed by atoms with Crippen LogP contribution in [0.4, 0.5) is 4.79 Å². The van der Waals surface area contributed by atoms with Crippen molar-refractivity contribution in [2.75, 3.05) is 12.8 Å². The molecule has 0 bridgehead atoms. The molecule has 0 aliphatic carbocycles. The molecule has 0 aromatic heterocycles. The van der Waals surface area contributed by atoms with Crippen LogP contribution in [0.1, 0.15) is 39.2 Å². The molecular weight excluding hydrogens is 424 g/mol. The summed E-state index contributed by atoms with van der Waals surface area (Å²) in [6.45, 7) is 6.45. The van der Waals surface area contributed by atoms with Crippen molar-refractivity contribution in [1.82, 2.24) is 9.62 Å². The molecule has 32 heavy (non-hydrogen) atoms. The van der Waals surface area contributed by atoms with E-state index in [1.165, 1.54) is 0 Å². The Morgan fingerprint density at radius 1 is 1.09 bits per heavy atom. The molecule has 2 aromatic rings. The highest BCUT2D eigenvalue weighted by Gasteiger charge is 2.37. The Kier molecular flexibility index (Phi) is 7.96. The van der Waals surface area contributed by atoms with Crippen LogP contribution in [0, 0.1) is 5.92 Å². The normalized spacial score (nSPS) is 20.2. The summed E-state index contributed by atoms with van der Waals surface area (Å²) in [5, 5.41) is 0. The van der Waals surface area contributed by atoms with Gasteiger partial charge < -0.3 is 9.64 Å². The zero-order valence-electron chi connectivity index (χ0n) is 19.3. The van der Waals surface area contributed by atoms with Gasteiger partial charge in [-0.2, -0.15) is 0 Å². The molecule has 3 rings (SSSR count). The van der Waals surface area contributed by atoms with Gasteiger partial charge in [0.15, 0.2) is 0 Å². The Labute approximate surface area is 192 Å². The van der Waals surface area contributed by atoms with E-state index >= 15 is 0 Å². The molecule has 1 unspecified atom stereocenters. The lowest BCUT2D eigenvalue weighted by Crippen LogP contribution is -2.58. The van der Waals surface area contributed by atoms with Gasteiger partial charge in [0.1, 0.15) is 6.10 Å². The van der Waals surface area contributed by atoms with Crippen molar-refractivity contribution >= 4 is 16.1 Å². The summed E-state index contributed by atoms with van der Waals surface area (Å²) >= 11 is 0. The van der Waals surface area contributed by atoms with Crippen molar-refractivity contribution in [2.45, 2.75) is 58.2 Å². The van der Waals surface area contributed by atoms with E-state index in [9.17, 15) is 13.2 Å². The molecule has 1 amide bonds. The smallest absolute Gasteiger partial charge is 0.410 e. The first-order valence-electron chi connectivity index (χ1n) is 11.2. The molecule has 174 valence electrons. The number of piperidine rings is 1. The fourth-order valence-corrected chi connectivity index (χ4v) is 4.89. The number of benzene rings is 2. The van der Waals surface area contributed by atoms with Gasteiger partial charge in [-0.3, -0.25) is 0 Å². The molecule has 0 saturated carbocycles. The summed E-state index contributed by atoms with van der Waals surface area (Å²) in [6, 6.07) is 17.6. The first-order chi connectivity index (χ1) is 15.1. The lowest BCUT2D eigenvalue weighted by atomic mass is 9.90. The minimum Gasteiger partial charge on any atom is -0.446 e. The van der Waals surface area contributed by atoms with Gasteiger partial charge in [0.05, 0.1) is 12.3 Å². The Morgan fingerprint density at radius 2 is 1.78 bits per heavy atom. The summed E-state index contributed by atoms with van der Waals surface area (Å²) in [7, 11) is -3.41. The fourth-order valence-electron chi connectivity index (χ4n) is 4.06. The van der Waals surface area contributed by atoms with E-state index in [0.29, 0.717) is 19.4 Å². The molecular formula is C25H34N2O4S. The van der Waals surface area contributed by atoms with Crippen molar-refractivity contribution in [3.63, 3.8) is 0 Å². The fraction of sp³-hybridized carbons (Fsp3) is 0.480. The van der Waals surface area contributed by atoms with Crippen molar-refractivity contribution < 1.29 is 17.9 Å². The van der Waals surface area contributed by atoms with Crippen LogP contribution >= 0.6 is 0 Å². The summed E-state index contributed by atoms with van der Waals surface area (Å²) in [6.07, 6.45) is 2.51. The van der Waals surface area contributed by atoms with Crippen LogP contribution in [0.2, 0.25) is 0 Å². The Bertz CT molecular complexity index is 1010. The number of nitrogens with zero attached hydrogens (tertiary/aromatic N) is 1. The van der Waals surface area contributed by atoms with Crippen LogP contribution in [0.5, 0.6) is 0 Å². The van der Waals surface area contributed by atoms with Gasteiger partial charge in [-0.1, -0.05) is 68.4 Å². The maximum atomic E-state index is 13.0. The third-order valence-electron chi connectivity index (χ3n) is 6.08. The van der Waals surface area contributed by atoms with Gasteiger partial charge in [-0.25, -0.2) is 17.9 Å². The molecule has 1 fully saturated rings. The standard InChI is InChI=1S/C25H34N2O4S/c1-18(2)19(3)31-25(28)27-15-9-14-23(26-32(4,29)30)24(27)17-20-10-8-13-22(16-20)21-11-6-5-7-12-21/h5-8,10-13,16,18-19,23-24,26H,9,14-15,17H2,1-4H3/t19?,23-,24-/m1/s1. The van der Waals surface area contributed by atoms with E-state index < -0.39 is 10.0 Å². The second kappa shape index (κ2) is 10.5. The summed E-state index contributed by atoms with van der Waals surface area (Å²) < 4.78 is 32.5. The quantitative estimate of drug-likeness (QED) is 0.665. The number of hydrogen-bond acceptors (Lipinski definition) is 4. The number of hydrogen-bond donors (Lipinski definition) is 1. The monoisotopic (exact) mass is 458 g/mol. The van der Waals surface area contributed by atoms with Crippen LogP contribution in [0.25, 0.3) is 11.1 Å². The van der Waals surface area contributed by atoms with Gasteiger partial charge in [-0.15, -0.1) is 0 Å². The van der Waals surface area contributed by atoms with Gasteiger partial charge >= 0.3 is 6.09 Å². The Hall–Kier alpha value is -2.38. The third-order valence-corrected chi connectivity index (χ3v) is 6.81. The zero-order valence-corrected chi connectivity index (χ0v) is 20.1. The minimum atomic E-state index is -3.41. The highest BCUT2D eigenvalue weighted by atomic mass is 32.2. The molecule has 0 radical (unpaired) electrons. The number of carbonyl (C=O) groups excluding carboxylic acids is 1. The second-order valence-corrected chi connectivity index (χ2v) is 10.8. The van der Waals surface area contributed by atoms with Crippen molar-refractivity contribution in [3.8, 4) is 11.1 Å². The first kappa shape index (κ1) is 24.3.